The topological polar surface area (TPSA) is 65.1 Å². The Labute approximate surface area is 168 Å². The number of hydrogen-bond acceptors (Lipinski definition) is 2. The summed E-state index contributed by atoms with van der Waals surface area (Å²) in [5.74, 6) is -0.00690. The van der Waals surface area contributed by atoms with Crippen LogP contribution in [-0.4, -0.2) is 22.5 Å². The first-order valence-electron chi connectivity index (χ1n) is 9.28. The van der Waals surface area contributed by atoms with Crippen molar-refractivity contribution in [1.82, 2.24) is 10.3 Å². The van der Waals surface area contributed by atoms with Crippen LogP contribution in [0, 0.1) is 0 Å². The number of amides is 1. The maximum Gasteiger partial charge on any atom is 0.227 e. The van der Waals surface area contributed by atoms with Crippen molar-refractivity contribution in [2.75, 3.05) is 6.54 Å². The van der Waals surface area contributed by atoms with Gasteiger partial charge < -0.3 is 15.4 Å². The van der Waals surface area contributed by atoms with Crippen molar-refractivity contribution in [3.8, 4) is 5.75 Å². The van der Waals surface area contributed by atoms with E-state index >= 15 is 0 Å². The molecule has 1 unspecified atom stereocenters. The summed E-state index contributed by atoms with van der Waals surface area (Å²) in [6.45, 7) is 2.47. The number of phenols is 1. The summed E-state index contributed by atoms with van der Waals surface area (Å²) in [7, 11) is 0. The molecule has 1 aromatic heterocycles. The van der Waals surface area contributed by atoms with Crippen molar-refractivity contribution >= 4 is 39.3 Å². The van der Waals surface area contributed by atoms with Gasteiger partial charge in [0.15, 0.2) is 0 Å². The standard InChI is InChI=1S/C23H21ClN2O2/c1-14(23(28)25-11-10-15-2-6-18(27)7-3-15)16-4-8-19-20-13-17(24)5-9-21(20)26-22(19)12-16/h2-9,12-14,26-27H,10-11H2,1H3,(H,25,28). The Morgan fingerprint density at radius 1 is 1.04 bits per heavy atom. The maximum absolute atomic E-state index is 12.6. The van der Waals surface area contributed by atoms with E-state index in [4.69, 9.17) is 11.6 Å². The lowest BCUT2D eigenvalue weighted by atomic mass is 9.98. The second-order valence-electron chi connectivity index (χ2n) is 7.05. The molecule has 142 valence electrons. The van der Waals surface area contributed by atoms with Gasteiger partial charge in [-0.3, -0.25) is 4.79 Å². The molecule has 0 bridgehead atoms. The summed E-state index contributed by atoms with van der Waals surface area (Å²) in [6, 6.07) is 18.9. The van der Waals surface area contributed by atoms with Crippen LogP contribution in [0.3, 0.4) is 0 Å². The highest BCUT2D eigenvalue weighted by Gasteiger charge is 2.16. The fourth-order valence-corrected chi connectivity index (χ4v) is 3.63. The number of aromatic nitrogens is 1. The van der Waals surface area contributed by atoms with Crippen LogP contribution in [0.25, 0.3) is 21.8 Å². The van der Waals surface area contributed by atoms with Gasteiger partial charge in [-0.25, -0.2) is 0 Å². The molecular weight excluding hydrogens is 372 g/mol. The molecule has 0 aliphatic heterocycles. The monoisotopic (exact) mass is 392 g/mol. The van der Waals surface area contributed by atoms with E-state index in [1.54, 1.807) is 12.1 Å². The highest BCUT2D eigenvalue weighted by molar-refractivity contribution is 6.31. The van der Waals surface area contributed by atoms with E-state index in [2.05, 4.69) is 10.3 Å². The average Bonchev–Trinajstić information content (AvgIpc) is 3.05. The van der Waals surface area contributed by atoms with E-state index < -0.39 is 0 Å². The number of phenolic OH excluding ortho intramolecular Hbond substituents is 1. The fourth-order valence-electron chi connectivity index (χ4n) is 3.46. The second kappa shape index (κ2) is 7.56. The molecule has 0 aliphatic carbocycles. The minimum Gasteiger partial charge on any atom is -0.508 e. The Balaban J connectivity index is 1.46. The number of benzene rings is 3. The van der Waals surface area contributed by atoms with Crippen LogP contribution in [0.1, 0.15) is 24.0 Å². The maximum atomic E-state index is 12.6. The third-order valence-electron chi connectivity index (χ3n) is 5.13. The molecule has 4 rings (SSSR count). The first-order valence-corrected chi connectivity index (χ1v) is 9.65. The molecule has 3 aromatic carbocycles. The van der Waals surface area contributed by atoms with Gasteiger partial charge in [-0.15, -0.1) is 0 Å². The summed E-state index contributed by atoms with van der Waals surface area (Å²) in [5, 5.41) is 15.2. The molecule has 0 saturated heterocycles. The van der Waals surface area contributed by atoms with Crippen LogP contribution in [0.4, 0.5) is 0 Å². The van der Waals surface area contributed by atoms with Gasteiger partial charge >= 0.3 is 0 Å². The van der Waals surface area contributed by atoms with Crippen LogP contribution < -0.4 is 5.32 Å². The highest BCUT2D eigenvalue weighted by atomic mass is 35.5. The van der Waals surface area contributed by atoms with Crippen molar-refractivity contribution in [2.24, 2.45) is 0 Å². The lowest BCUT2D eigenvalue weighted by molar-refractivity contribution is -0.122. The lowest BCUT2D eigenvalue weighted by Crippen LogP contribution is -2.29. The number of rotatable bonds is 5. The van der Waals surface area contributed by atoms with Crippen LogP contribution in [0.15, 0.2) is 60.7 Å². The van der Waals surface area contributed by atoms with Gasteiger partial charge in [0.2, 0.25) is 5.91 Å². The normalized spacial score (nSPS) is 12.4. The predicted molar refractivity (Wildman–Crippen MR) is 114 cm³/mol. The number of aromatic hydroxyl groups is 1. The number of nitrogens with one attached hydrogen (secondary N) is 2. The number of carbonyl (C=O) groups excluding carboxylic acids is 1. The van der Waals surface area contributed by atoms with Gasteiger partial charge in [-0.1, -0.05) is 35.9 Å². The molecule has 28 heavy (non-hydrogen) atoms. The SMILES string of the molecule is CC(C(=O)NCCc1ccc(O)cc1)c1ccc2c(c1)[nH]c1ccc(Cl)cc12. The Kier molecular flexibility index (Phi) is 4.97. The second-order valence-corrected chi connectivity index (χ2v) is 7.49. The van der Waals surface area contributed by atoms with E-state index in [9.17, 15) is 9.90 Å². The van der Waals surface area contributed by atoms with Crippen LogP contribution in [0.5, 0.6) is 5.75 Å². The number of aromatic amines is 1. The van der Waals surface area contributed by atoms with Crippen molar-refractivity contribution in [3.63, 3.8) is 0 Å². The fraction of sp³-hybridized carbons (Fsp3) is 0.174. The molecule has 0 fully saturated rings. The molecule has 0 saturated carbocycles. The highest BCUT2D eigenvalue weighted by Crippen LogP contribution is 2.30. The van der Waals surface area contributed by atoms with Gasteiger partial charge in [0.1, 0.15) is 5.75 Å². The minimum atomic E-state index is -0.251. The molecular formula is C23H21ClN2O2. The number of hydrogen-bond donors (Lipinski definition) is 3. The summed E-state index contributed by atoms with van der Waals surface area (Å²) in [4.78, 5) is 16.0. The van der Waals surface area contributed by atoms with E-state index in [-0.39, 0.29) is 17.6 Å². The van der Waals surface area contributed by atoms with Crippen molar-refractivity contribution in [2.45, 2.75) is 19.3 Å². The van der Waals surface area contributed by atoms with Gasteiger partial charge in [0.05, 0.1) is 5.92 Å². The van der Waals surface area contributed by atoms with Crippen molar-refractivity contribution in [1.29, 1.82) is 0 Å². The summed E-state index contributed by atoms with van der Waals surface area (Å²) in [6.07, 6.45) is 0.723. The summed E-state index contributed by atoms with van der Waals surface area (Å²) < 4.78 is 0. The Hall–Kier alpha value is -2.98. The van der Waals surface area contributed by atoms with E-state index in [1.165, 1.54) is 0 Å². The average molecular weight is 393 g/mol. The smallest absolute Gasteiger partial charge is 0.227 e. The summed E-state index contributed by atoms with van der Waals surface area (Å²) >= 11 is 6.12. The first-order chi connectivity index (χ1) is 13.5. The number of H-pyrrole nitrogens is 1. The first kappa shape index (κ1) is 18.4. The van der Waals surface area contributed by atoms with Gasteiger partial charge in [-0.05, 0) is 60.9 Å². The van der Waals surface area contributed by atoms with E-state index in [0.29, 0.717) is 11.6 Å². The third-order valence-corrected chi connectivity index (χ3v) is 5.36. The van der Waals surface area contributed by atoms with Gasteiger partial charge in [0, 0.05) is 33.4 Å². The number of carbonyl (C=O) groups is 1. The van der Waals surface area contributed by atoms with Gasteiger partial charge in [0.25, 0.3) is 0 Å². The van der Waals surface area contributed by atoms with Crippen molar-refractivity contribution in [3.05, 3.63) is 76.8 Å². The molecule has 1 atom stereocenters. The zero-order valence-corrected chi connectivity index (χ0v) is 16.3. The van der Waals surface area contributed by atoms with Crippen LogP contribution in [-0.2, 0) is 11.2 Å². The molecule has 0 spiro atoms. The zero-order chi connectivity index (χ0) is 19.7. The van der Waals surface area contributed by atoms with E-state index in [1.807, 2.05) is 55.5 Å². The number of halogens is 1. The Morgan fingerprint density at radius 3 is 2.61 bits per heavy atom. The largest absolute Gasteiger partial charge is 0.508 e. The number of fused-ring (bicyclic) bond motifs is 3. The molecule has 4 aromatic rings. The quantitative estimate of drug-likeness (QED) is 0.440. The molecule has 3 N–H and O–H groups in total. The van der Waals surface area contributed by atoms with Gasteiger partial charge in [-0.2, -0.15) is 0 Å². The molecule has 0 radical (unpaired) electrons. The molecule has 5 heteroatoms. The molecule has 1 amide bonds. The zero-order valence-electron chi connectivity index (χ0n) is 15.5. The van der Waals surface area contributed by atoms with Crippen LogP contribution >= 0.6 is 11.6 Å². The Bertz CT molecular complexity index is 1150. The van der Waals surface area contributed by atoms with E-state index in [0.717, 1.165) is 39.4 Å². The molecule has 1 heterocycles. The van der Waals surface area contributed by atoms with Crippen molar-refractivity contribution < 1.29 is 9.90 Å². The lowest BCUT2D eigenvalue weighted by Gasteiger charge is -2.13. The Morgan fingerprint density at radius 2 is 1.82 bits per heavy atom. The minimum absolute atomic E-state index is 0.00251. The molecule has 4 nitrogen and oxygen atoms in total. The molecule has 0 aliphatic rings. The third kappa shape index (κ3) is 3.69. The van der Waals surface area contributed by atoms with Crippen LogP contribution in [0.2, 0.25) is 5.02 Å². The summed E-state index contributed by atoms with van der Waals surface area (Å²) in [5.41, 5.74) is 4.07. The predicted octanol–water partition coefficient (Wildman–Crippen LogP) is 5.14.